The van der Waals surface area contributed by atoms with Crippen LogP contribution in [-0.4, -0.2) is 31.1 Å². The van der Waals surface area contributed by atoms with Crippen molar-refractivity contribution in [2.24, 2.45) is 0 Å². The molecule has 4 nitrogen and oxygen atoms in total. The van der Waals surface area contributed by atoms with Crippen LogP contribution in [0.15, 0.2) is 18.2 Å². The van der Waals surface area contributed by atoms with Crippen molar-refractivity contribution in [1.29, 1.82) is 5.26 Å². The monoisotopic (exact) mass is 246 g/mol. The minimum absolute atomic E-state index is 0.523. The number of likely N-dealkylation sites (N-methyl/N-ethyl adjacent to an activating group) is 1. The van der Waals surface area contributed by atoms with Crippen molar-refractivity contribution >= 4 is 11.4 Å². The van der Waals surface area contributed by atoms with E-state index in [4.69, 9.17) is 11.0 Å². The van der Waals surface area contributed by atoms with Gasteiger partial charge in [-0.25, -0.2) is 0 Å². The third kappa shape index (κ3) is 3.64. The van der Waals surface area contributed by atoms with E-state index in [1.807, 2.05) is 12.1 Å². The van der Waals surface area contributed by atoms with Gasteiger partial charge >= 0.3 is 0 Å². The minimum atomic E-state index is 0.523. The summed E-state index contributed by atoms with van der Waals surface area (Å²) in [6.07, 6.45) is 1.14. The van der Waals surface area contributed by atoms with Gasteiger partial charge in [0.1, 0.15) is 6.07 Å². The number of rotatable bonds is 6. The largest absolute Gasteiger partial charge is 0.396 e. The Kier molecular flexibility index (Phi) is 5.47. The SMILES string of the molecule is CCC(C)N(C)CCNc1cccc(C#N)c1N. The van der Waals surface area contributed by atoms with Gasteiger partial charge in [-0.2, -0.15) is 5.26 Å². The number of nitriles is 1. The average Bonchev–Trinajstić information content (AvgIpc) is 2.39. The molecule has 0 aliphatic rings. The van der Waals surface area contributed by atoms with Crippen molar-refractivity contribution in [2.75, 3.05) is 31.2 Å². The van der Waals surface area contributed by atoms with Crippen LogP contribution in [0.4, 0.5) is 11.4 Å². The summed E-state index contributed by atoms with van der Waals surface area (Å²) in [6, 6.07) is 8.14. The Hall–Kier alpha value is -1.73. The van der Waals surface area contributed by atoms with Gasteiger partial charge in [-0.3, -0.25) is 0 Å². The third-order valence-electron chi connectivity index (χ3n) is 3.35. The number of hydrogen-bond acceptors (Lipinski definition) is 4. The fraction of sp³-hybridized carbons (Fsp3) is 0.500. The zero-order chi connectivity index (χ0) is 13.5. The first-order valence-electron chi connectivity index (χ1n) is 6.32. The summed E-state index contributed by atoms with van der Waals surface area (Å²) in [5, 5.41) is 12.2. The lowest BCUT2D eigenvalue weighted by Crippen LogP contribution is -2.32. The predicted octanol–water partition coefficient (Wildman–Crippen LogP) is 2.28. The van der Waals surface area contributed by atoms with Crippen LogP contribution in [0.25, 0.3) is 0 Å². The number of para-hydroxylation sites is 1. The van der Waals surface area contributed by atoms with E-state index in [-0.39, 0.29) is 0 Å². The molecule has 1 atom stereocenters. The number of nitrogens with one attached hydrogen (secondary N) is 1. The van der Waals surface area contributed by atoms with Crippen LogP contribution < -0.4 is 11.1 Å². The van der Waals surface area contributed by atoms with E-state index in [1.54, 1.807) is 6.07 Å². The van der Waals surface area contributed by atoms with E-state index >= 15 is 0 Å². The summed E-state index contributed by atoms with van der Waals surface area (Å²) in [5.74, 6) is 0. The summed E-state index contributed by atoms with van der Waals surface area (Å²) in [4.78, 5) is 2.30. The second-order valence-corrected chi connectivity index (χ2v) is 4.54. The average molecular weight is 246 g/mol. The molecule has 1 aromatic rings. The number of nitrogens with zero attached hydrogens (tertiary/aromatic N) is 2. The Bertz CT molecular complexity index is 422. The molecule has 3 N–H and O–H groups in total. The predicted molar refractivity (Wildman–Crippen MR) is 76.4 cm³/mol. The molecule has 0 aliphatic carbocycles. The quantitative estimate of drug-likeness (QED) is 0.756. The number of anilines is 2. The molecule has 0 fully saturated rings. The molecule has 18 heavy (non-hydrogen) atoms. The maximum absolute atomic E-state index is 8.90. The molecule has 0 aliphatic heterocycles. The topological polar surface area (TPSA) is 65.1 Å². The van der Waals surface area contributed by atoms with Crippen LogP contribution in [-0.2, 0) is 0 Å². The molecule has 0 bridgehead atoms. The fourth-order valence-electron chi connectivity index (χ4n) is 1.72. The molecule has 0 aromatic heterocycles. The minimum Gasteiger partial charge on any atom is -0.396 e. The van der Waals surface area contributed by atoms with Crippen LogP contribution in [0.2, 0.25) is 0 Å². The highest BCUT2D eigenvalue weighted by atomic mass is 15.1. The molecule has 1 unspecified atom stereocenters. The molecule has 0 saturated heterocycles. The lowest BCUT2D eigenvalue weighted by molar-refractivity contribution is 0.261. The smallest absolute Gasteiger partial charge is 0.101 e. The summed E-state index contributed by atoms with van der Waals surface area (Å²) in [6.45, 7) is 6.17. The van der Waals surface area contributed by atoms with Crippen LogP contribution >= 0.6 is 0 Å². The van der Waals surface area contributed by atoms with Gasteiger partial charge < -0.3 is 16.0 Å². The van der Waals surface area contributed by atoms with Gasteiger partial charge in [-0.15, -0.1) is 0 Å². The van der Waals surface area contributed by atoms with Crippen molar-refractivity contribution in [1.82, 2.24) is 4.90 Å². The number of hydrogen-bond donors (Lipinski definition) is 2. The van der Waals surface area contributed by atoms with Gasteiger partial charge in [0, 0.05) is 19.1 Å². The van der Waals surface area contributed by atoms with E-state index in [1.165, 1.54) is 0 Å². The van der Waals surface area contributed by atoms with Crippen LogP contribution in [0.1, 0.15) is 25.8 Å². The maximum atomic E-state index is 8.90. The molecule has 0 saturated carbocycles. The van der Waals surface area contributed by atoms with Gasteiger partial charge in [-0.05, 0) is 32.5 Å². The number of nitrogens with two attached hydrogens (primary N) is 1. The van der Waals surface area contributed by atoms with Crippen LogP contribution in [0, 0.1) is 11.3 Å². The van der Waals surface area contributed by atoms with Gasteiger partial charge in [0.25, 0.3) is 0 Å². The highest BCUT2D eigenvalue weighted by Gasteiger charge is 2.07. The van der Waals surface area contributed by atoms with Crippen molar-refractivity contribution in [3.05, 3.63) is 23.8 Å². The molecule has 1 aromatic carbocycles. The lowest BCUT2D eigenvalue weighted by atomic mass is 10.1. The Labute approximate surface area is 109 Å². The molecular weight excluding hydrogens is 224 g/mol. The molecule has 0 radical (unpaired) electrons. The Balaban J connectivity index is 2.52. The molecule has 98 valence electrons. The highest BCUT2D eigenvalue weighted by Crippen LogP contribution is 2.21. The van der Waals surface area contributed by atoms with Crippen LogP contribution in [0.3, 0.4) is 0 Å². The zero-order valence-corrected chi connectivity index (χ0v) is 11.4. The van der Waals surface area contributed by atoms with E-state index in [9.17, 15) is 0 Å². The second kappa shape index (κ2) is 6.87. The molecular formula is C14H22N4. The Morgan fingerprint density at radius 1 is 1.50 bits per heavy atom. The first-order chi connectivity index (χ1) is 8.60. The third-order valence-corrected chi connectivity index (χ3v) is 3.35. The lowest BCUT2D eigenvalue weighted by Gasteiger charge is -2.23. The van der Waals surface area contributed by atoms with Gasteiger partial charge in [-0.1, -0.05) is 13.0 Å². The molecule has 0 heterocycles. The Morgan fingerprint density at radius 3 is 2.83 bits per heavy atom. The second-order valence-electron chi connectivity index (χ2n) is 4.54. The van der Waals surface area contributed by atoms with E-state index in [2.05, 4.69) is 37.2 Å². The molecule has 4 heteroatoms. The summed E-state index contributed by atoms with van der Waals surface area (Å²) >= 11 is 0. The van der Waals surface area contributed by atoms with Crippen molar-refractivity contribution in [3.8, 4) is 6.07 Å². The van der Waals surface area contributed by atoms with Gasteiger partial charge in [0.15, 0.2) is 0 Å². The van der Waals surface area contributed by atoms with Gasteiger partial charge in [0.05, 0.1) is 16.9 Å². The Morgan fingerprint density at radius 2 is 2.22 bits per heavy atom. The van der Waals surface area contributed by atoms with Crippen LogP contribution in [0.5, 0.6) is 0 Å². The van der Waals surface area contributed by atoms with Crippen molar-refractivity contribution in [2.45, 2.75) is 26.3 Å². The number of benzene rings is 1. The summed E-state index contributed by atoms with van der Waals surface area (Å²) < 4.78 is 0. The van der Waals surface area contributed by atoms with Gasteiger partial charge in [0.2, 0.25) is 0 Å². The number of nitrogen functional groups attached to an aromatic ring is 1. The van der Waals surface area contributed by atoms with E-state index in [0.717, 1.165) is 25.2 Å². The zero-order valence-electron chi connectivity index (χ0n) is 11.4. The summed E-state index contributed by atoms with van der Waals surface area (Å²) in [5.41, 5.74) is 7.79. The standard InChI is InChI=1S/C14H22N4/c1-4-11(2)18(3)9-8-17-13-7-5-6-12(10-15)14(13)16/h5-7,11,17H,4,8-9,16H2,1-3H3. The highest BCUT2D eigenvalue weighted by molar-refractivity contribution is 5.72. The normalized spacial score (nSPS) is 12.2. The first kappa shape index (κ1) is 14.3. The first-order valence-corrected chi connectivity index (χ1v) is 6.32. The maximum Gasteiger partial charge on any atom is 0.101 e. The molecule has 0 spiro atoms. The fourth-order valence-corrected chi connectivity index (χ4v) is 1.72. The summed E-state index contributed by atoms with van der Waals surface area (Å²) in [7, 11) is 2.12. The molecule has 0 amide bonds. The van der Waals surface area contributed by atoms with E-state index < -0.39 is 0 Å². The van der Waals surface area contributed by atoms with Crippen molar-refractivity contribution < 1.29 is 0 Å². The van der Waals surface area contributed by atoms with Crippen molar-refractivity contribution in [3.63, 3.8) is 0 Å². The van der Waals surface area contributed by atoms with E-state index in [0.29, 0.717) is 17.3 Å². The molecule has 1 rings (SSSR count).